The summed E-state index contributed by atoms with van der Waals surface area (Å²) in [6.45, 7) is 1.85. The molecule has 6 nitrogen and oxygen atoms in total. The molecule has 0 saturated heterocycles. The molecule has 1 fully saturated rings. The Morgan fingerprint density at radius 2 is 1.46 bits per heavy atom. The average molecular weight is 372 g/mol. The second-order valence-electron chi connectivity index (χ2n) is 7.28. The van der Waals surface area contributed by atoms with Crippen LogP contribution in [0.3, 0.4) is 0 Å². The Balaban J connectivity index is 1.88. The summed E-state index contributed by atoms with van der Waals surface area (Å²) in [6, 6.07) is 22.4. The maximum Gasteiger partial charge on any atom is 0.293 e. The molecule has 2 aliphatic rings. The van der Waals surface area contributed by atoms with Gasteiger partial charge in [-0.15, -0.1) is 0 Å². The van der Waals surface area contributed by atoms with Crippen molar-refractivity contribution in [2.24, 2.45) is 21.6 Å². The molecule has 28 heavy (non-hydrogen) atoms. The van der Waals surface area contributed by atoms with Crippen LogP contribution in [-0.4, -0.2) is 26.0 Å². The number of hydrogen-bond acceptors (Lipinski definition) is 6. The smallest absolute Gasteiger partial charge is 0.293 e. The molecule has 0 bridgehead atoms. The van der Waals surface area contributed by atoms with Gasteiger partial charge in [-0.2, -0.15) is 10.5 Å². The van der Waals surface area contributed by atoms with Gasteiger partial charge >= 0.3 is 0 Å². The van der Waals surface area contributed by atoms with Gasteiger partial charge in [0, 0.05) is 19.6 Å². The molecular formula is C22H20N4O2. The molecule has 0 aromatic heterocycles. The third-order valence-corrected chi connectivity index (χ3v) is 6.58. The fourth-order valence-corrected chi connectivity index (χ4v) is 5.11. The zero-order chi connectivity index (χ0) is 20.2. The SMILES string of the molecule is COC1(OC)N=C(N)[C@@]2(C#N)[C@](C)(c3ccc(-c4ccccc4)cc3)[C@@]12C#N. The summed E-state index contributed by atoms with van der Waals surface area (Å²) in [5.41, 5.74) is 5.50. The lowest BCUT2D eigenvalue weighted by Crippen LogP contribution is -2.44. The number of rotatable bonds is 4. The second kappa shape index (κ2) is 5.65. The number of amidine groups is 1. The van der Waals surface area contributed by atoms with E-state index in [4.69, 9.17) is 15.2 Å². The number of benzene rings is 2. The van der Waals surface area contributed by atoms with Crippen LogP contribution in [0, 0.1) is 33.5 Å². The van der Waals surface area contributed by atoms with E-state index in [1.165, 1.54) is 14.2 Å². The second-order valence-corrected chi connectivity index (χ2v) is 7.28. The molecule has 2 aromatic rings. The van der Waals surface area contributed by atoms with Crippen molar-refractivity contribution in [2.75, 3.05) is 14.2 Å². The number of aliphatic imine (C=N–C) groups is 1. The summed E-state index contributed by atoms with van der Waals surface area (Å²) in [7, 11) is 2.81. The van der Waals surface area contributed by atoms with Gasteiger partial charge in [0.2, 0.25) is 0 Å². The molecule has 0 radical (unpaired) electrons. The van der Waals surface area contributed by atoms with E-state index in [-0.39, 0.29) is 5.84 Å². The molecule has 1 aliphatic heterocycles. The molecule has 140 valence electrons. The van der Waals surface area contributed by atoms with Crippen LogP contribution in [-0.2, 0) is 14.9 Å². The van der Waals surface area contributed by atoms with Crippen molar-refractivity contribution in [1.29, 1.82) is 10.5 Å². The number of nitrogens with zero attached hydrogens (tertiary/aromatic N) is 3. The summed E-state index contributed by atoms with van der Waals surface area (Å²) in [4.78, 5) is 4.26. The first-order valence-corrected chi connectivity index (χ1v) is 8.89. The first-order valence-electron chi connectivity index (χ1n) is 8.89. The Morgan fingerprint density at radius 3 is 1.96 bits per heavy atom. The number of hydrogen-bond donors (Lipinski definition) is 1. The summed E-state index contributed by atoms with van der Waals surface area (Å²) < 4.78 is 11.1. The van der Waals surface area contributed by atoms with Crippen LogP contribution in [0.15, 0.2) is 59.6 Å². The highest BCUT2D eigenvalue weighted by Crippen LogP contribution is 2.85. The van der Waals surface area contributed by atoms with Crippen molar-refractivity contribution in [3.8, 4) is 23.3 Å². The van der Waals surface area contributed by atoms with Crippen molar-refractivity contribution in [3.05, 3.63) is 60.2 Å². The maximum absolute atomic E-state index is 10.2. The number of ether oxygens (including phenoxy) is 2. The van der Waals surface area contributed by atoms with E-state index >= 15 is 0 Å². The molecule has 6 heteroatoms. The molecule has 3 atom stereocenters. The molecule has 4 rings (SSSR count). The van der Waals surface area contributed by atoms with Crippen LogP contribution < -0.4 is 5.73 Å². The maximum atomic E-state index is 10.2. The summed E-state index contributed by atoms with van der Waals surface area (Å²) in [5, 5.41) is 20.3. The minimum atomic E-state index is -1.63. The number of nitrogens with two attached hydrogens (primary N) is 1. The van der Waals surface area contributed by atoms with E-state index in [0.717, 1.165) is 16.7 Å². The van der Waals surface area contributed by atoms with E-state index in [1.54, 1.807) is 0 Å². The van der Waals surface area contributed by atoms with Crippen molar-refractivity contribution >= 4 is 5.84 Å². The van der Waals surface area contributed by atoms with Crippen molar-refractivity contribution in [3.63, 3.8) is 0 Å². The molecule has 1 saturated carbocycles. The zero-order valence-electron chi connectivity index (χ0n) is 15.9. The quantitative estimate of drug-likeness (QED) is 0.831. The van der Waals surface area contributed by atoms with Gasteiger partial charge in [0.25, 0.3) is 5.91 Å². The molecule has 2 aromatic carbocycles. The highest BCUT2D eigenvalue weighted by atomic mass is 16.7. The molecule has 1 heterocycles. The Hall–Kier alpha value is -3.19. The van der Waals surface area contributed by atoms with Crippen LogP contribution in [0.4, 0.5) is 0 Å². The van der Waals surface area contributed by atoms with Crippen LogP contribution in [0.1, 0.15) is 12.5 Å². The topological polar surface area (TPSA) is 104 Å². The van der Waals surface area contributed by atoms with Crippen LogP contribution in [0.25, 0.3) is 11.1 Å². The van der Waals surface area contributed by atoms with Gasteiger partial charge in [0.1, 0.15) is 5.84 Å². The fraction of sp³-hybridized carbons (Fsp3) is 0.318. The largest absolute Gasteiger partial charge is 0.386 e. The molecule has 0 spiro atoms. The lowest BCUT2D eigenvalue weighted by molar-refractivity contribution is -0.233. The summed E-state index contributed by atoms with van der Waals surface area (Å²) >= 11 is 0. The van der Waals surface area contributed by atoms with Gasteiger partial charge in [0.15, 0.2) is 10.8 Å². The number of fused-ring (bicyclic) bond motifs is 1. The Kier molecular flexibility index (Phi) is 3.67. The fourth-order valence-electron chi connectivity index (χ4n) is 5.11. The number of nitriles is 2. The Morgan fingerprint density at radius 1 is 0.893 bits per heavy atom. The molecule has 2 N–H and O–H groups in total. The lowest BCUT2D eigenvalue weighted by atomic mass is 9.84. The van der Waals surface area contributed by atoms with E-state index in [2.05, 4.69) is 17.1 Å². The van der Waals surface area contributed by atoms with E-state index < -0.39 is 22.2 Å². The van der Waals surface area contributed by atoms with E-state index in [0.29, 0.717) is 0 Å². The third-order valence-electron chi connectivity index (χ3n) is 6.58. The molecular weight excluding hydrogens is 352 g/mol. The predicted octanol–water partition coefficient (Wildman–Crippen LogP) is 2.96. The molecule has 0 unspecified atom stereocenters. The minimum Gasteiger partial charge on any atom is -0.386 e. The zero-order valence-corrected chi connectivity index (χ0v) is 15.9. The van der Waals surface area contributed by atoms with Gasteiger partial charge in [0.05, 0.1) is 12.1 Å². The third kappa shape index (κ3) is 1.62. The summed E-state index contributed by atoms with van der Waals surface area (Å²) in [5.74, 6) is -1.57. The first-order chi connectivity index (χ1) is 13.4. The van der Waals surface area contributed by atoms with Gasteiger partial charge in [-0.05, 0) is 16.7 Å². The lowest BCUT2D eigenvalue weighted by Gasteiger charge is -2.32. The van der Waals surface area contributed by atoms with Gasteiger partial charge < -0.3 is 15.2 Å². The first kappa shape index (κ1) is 18.2. The monoisotopic (exact) mass is 372 g/mol. The average Bonchev–Trinajstić information content (AvgIpc) is 3.17. The molecule has 1 aliphatic carbocycles. The van der Waals surface area contributed by atoms with Crippen LogP contribution in [0.5, 0.6) is 0 Å². The van der Waals surface area contributed by atoms with Gasteiger partial charge in [-0.25, -0.2) is 4.99 Å². The Labute approximate surface area is 163 Å². The van der Waals surface area contributed by atoms with Crippen molar-refractivity contribution in [2.45, 2.75) is 18.2 Å². The van der Waals surface area contributed by atoms with Gasteiger partial charge in [-0.1, -0.05) is 61.5 Å². The normalized spacial score (nSPS) is 32.0. The van der Waals surface area contributed by atoms with Gasteiger partial charge in [-0.3, -0.25) is 0 Å². The van der Waals surface area contributed by atoms with E-state index in [9.17, 15) is 10.5 Å². The van der Waals surface area contributed by atoms with Crippen LogP contribution >= 0.6 is 0 Å². The van der Waals surface area contributed by atoms with Crippen LogP contribution in [0.2, 0.25) is 0 Å². The molecule has 0 amide bonds. The number of methoxy groups -OCH3 is 2. The predicted molar refractivity (Wildman–Crippen MR) is 104 cm³/mol. The highest BCUT2D eigenvalue weighted by molar-refractivity contribution is 6.02. The van der Waals surface area contributed by atoms with Crippen molar-refractivity contribution in [1.82, 2.24) is 0 Å². The van der Waals surface area contributed by atoms with Crippen molar-refractivity contribution < 1.29 is 9.47 Å². The Bertz CT molecular complexity index is 1050. The van der Waals surface area contributed by atoms with E-state index in [1.807, 2.05) is 61.5 Å². The minimum absolute atomic E-state index is 0.0647. The standard InChI is InChI=1S/C22H20N4O2/c1-19(17-11-9-16(10-12-17)15-7-5-4-6-8-15)20(13-23)18(25)26-22(27-2,28-3)21(19,20)14-24/h4-12H,1-3H3,(H2,25,26)/t19-,20-,21+/m0/s1. The summed E-state index contributed by atoms with van der Waals surface area (Å²) in [6.07, 6.45) is 0. The highest BCUT2D eigenvalue weighted by Gasteiger charge is 2.99.